The normalized spacial score (nSPS) is 14.6. The van der Waals surface area contributed by atoms with Crippen LogP contribution in [0, 0.1) is 0 Å². The molecule has 0 bridgehead atoms. The molecule has 9 heteroatoms. The van der Waals surface area contributed by atoms with Gasteiger partial charge in [0.2, 0.25) is 0 Å². The van der Waals surface area contributed by atoms with Gasteiger partial charge in [-0.25, -0.2) is 9.36 Å². The number of ether oxygens (including phenoxy) is 1. The number of hydrogen-bond donors (Lipinski definition) is 1. The van der Waals surface area contributed by atoms with Crippen molar-refractivity contribution in [3.63, 3.8) is 0 Å². The predicted octanol–water partition coefficient (Wildman–Crippen LogP) is 5.98. The van der Waals surface area contributed by atoms with Gasteiger partial charge < -0.3 is 19.0 Å². The van der Waals surface area contributed by atoms with Crippen LogP contribution in [0.3, 0.4) is 0 Å². The summed E-state index contributed by atoms with van der Waals surface area (Å²) in [6.07, 6.45) is 14.5. The highest BCUT2D eigenvalue weighted by atomic mass is 31.2. The summed E-state index contributed by atoms with van der Waals surface area (Å²) in [6.45, 7) is 2.77. The highest BCUT2D eigenvalue weighted by Crippen LogP contribution is 2.43. The third-order valence-electron chi connectivity index (χ3n) is 5.45. The van der Waals surface area contributed by atoms with Crippen molar-refractivity contribution in [3.8, 4) is 0 Å². The Hall–Kier alpha value is -0.660. The van der Waals surface area contributed by atoms with E-state index in [0.717, 1.165) is 19.3 Å². The summed E-state index contributed by atoms with van der Waals surface area (Å²) in [7, 11) is 4.94. The van der Waals surface area contributed by atoms with Crippen LogP contribution in [-0.2, 0) is 18.3 Å². The molecule has 1 amide bonds. The van der Waals surface area contributed by atoms with Crippen LogP contribution in [0.15, 0.2) is 0 Å². The fourth-order valence-electron chi connectivity index (χ4n) is 3.28. The molecule has 8 nitrogen and oxygen atoms in total. The quantitative estimate of drug-likeness (QED) is 0.120. The maximum atomic E-state index is 12.2. The largest absolute Gasteiger partial charge is 0.472 e. The van der Waals surface area contributed by atoms with Crippen molar-refractivity contribution in [2.24, 2.45) is 0 Å². The van der Waals surface area contributed by atoms with Crippen LogP contribution in [0.4, 0.5) is 4.79 Å². The molecule has 0 saturated heterocycles. The van der Waals surface area contributed by atoms with Crippen LogP contribution in [0.1, 0.15) is 90.4 Å². The first kappa shape index (κ1) is 32.3. The van der Waals surface area contributed by atoms with E-state index < -0.39 is 20.0 Å². The number of carbonyl (C=O) groups excluding carboxylic acids is 1. The van der Waals surface area contributed by atoms with Crippen LogP contribution in [-0.4, -0.2) is 81.5 Å². The van der Waals surface area contributed by atoms with Gasteiger partial charge >= 0.3 is 13.9 Å². The number of amides is 1. The van der Waals surface area contributed by atoms with E-state index in [9.17, 15) is 14.3 Å². The van der Waals surface area contributed by atoms with Gasteiger partial charge in [-0.05, 0) is 12.8 Å². The van der Waals surface area contributed by atoms with E-state index >= 15 is 0 Å². The third-order valence-corrected chi connectivity index (χ3v) is 6.44. The monoisotopic (exact) mass is 495 g/mol. The zero-order valence-corrected chi connectivity index (χ0v) is 23.1. The fourth-order valence-corrected chi connectivity index (χ4v) is 4.02. The van der Waals surface area contributed by atoms with Crippen LogP contribution < -0.4 is 0 Å². The molecular weight excluding hydrogens is 443 g/mol. The second kappa shape index (κ2) is 18.6. The molecule has 0 aliphatic heterocycles. The average Bonchev–Trinajstić information content (AvgIpc) is 2.71. The van der Waals surface area contributed by atoms with Crippen molar-refractivity contribution >= 4 is 13.9 Å². The molecule has 2 unspecified atom stereocenters. The number of carbonyl (C=O) groups is 1. The molecule has 0 aromatic heterocycles. The first-order valence-corrected chi connectivity index (χ1v) is 14.3. The van der Waals surface area contributed by atoms with E-state index in [2.05, 4.69) is 6.92 Å². The van der Waals surface area contributed by atoms with Gasteiger partial charge in [-0.1, -0.05) is 77.6 Å². The van der Waals surface area contributed by atoms with E-state index in [1.807, 2.05) is 21.1 Å². The maximum absolute atomic E-state index is 12.2. The van der Waals surface area contributed by atoms with Crippen LogP contribution in [0.2, 0.25) is 0 Å². The van der Waals surface area contributed by atoms with Crippen LogP contribution in [0.5, 0.6) is 0 Å². The summed E-state index contributed by atoms with van der Waals surface area (Å²) < 4.78 is 28.4. The van der Waals surface area contributed by atoms with Gasteiger partial charge in [0.05, 0.1) is 27.7 Å². The Morgan fingerprint density at radius 3 is 1.82 bits per heavy atom. The Labute approximate surface area is 203 Å². The molecule has 0 aromatic rings. The van der Waals surface area contributed by atoms with E-state index in [1.165, 1.54) is 62.7 Å². The molecule has 0 aromatic carbocycles. The maximum Gasteiger partial charge on any atom is 0.472 e. The van der Waals surface area contributed by atoms with Crippen LogP contribution in [0.25, 0.3) is 0 Å². The molecule has 33 heavy (non-hydrogen) atoms. The topological polar surface area (TPSA) is 85.3 Å². The summed E-state index contributed by atoms with van der Waals surface area (Å²) in [4.78, 5) is 23.2. The average molecular weight is 496 g/mol. The van der Waals surface area contributed by atoms with Gasteiger partial charge in [0.25, 0.3) is 0 Å². The Bertz CT molecular complexity index is 540. The lowest BCUT2D eigenvalue weighted by molar-refractivity contribution is -0.870. The van der Waals surface area contributed by atoms with Crippen molar-refractivity contribution in [2.75, 3.05) is 55.0 Å². The molecule has 0 saturated carbocycles. The SMILES string of the molecule is CCCCCCCCCCCCCCC(COP(=O)(O)OCC[N+](C)(C)C)OC(=O)N(C)C. The highest BCUT2D eigenvalue weighted by Gasteiger charge is 2.26. The minimum atomic E-state index is -4.18. The van der Waals surface area contributed by atoms with E-state index in [4.69, 9.17) is 13.8 Å². The lowest BCUT2D eigenvalue weighted by Gasteiger charge is -2.24. The summed E-state index contributed by atoms with van der Waals surface area (Å²) in [5, 5.41) is 0. The van der Waals surface area contributed by atoms with Crippen molar-refractivity contribution in [1.29, 1.82) is 0 Å². The predicted molar refractivity (Wildman–Crippen MR) is 134 cm³/mol. The molecule has 1 N–H and O–H groups in total. The van der Waals surface area contributed by atoms with Gasteiger partial charge in [-0.15, -0.1) is 0 Å². The Morgan fingerprint density at radius 2 is 1.36 bits per heavy atom. The molecule has 0 fully saturated rings. The van der Waals surface area contributed by atoms with Gasteiger partial charge in [0.15, 0.2) is 0 Å². The number of quaternary nitrogens is 1. The zero-order chi connectivity index (χ0) is 25.2. The summed E-state index contributed by atoms with van der Waals surface area (Å²) in [6, 6.07) is 0. The molecule has 0 rings (SSSR count). The molecule has 0 aliphatic rings. The molecule has 0 aliphatic carbocycles. The third kappa shape index (κ3) is 21.6. The van der Waals surface area contributed by atoms with Gasteiger partial charge in [-0.3, -0.25) is 9.05 Å². The Kier molecular flexibility index (Phi) is 18.3. The number of nitrogens with zero attached hydrogens (tertiary/aromatic N) is 2. The first-order chi connectivity index (χ1) is 15.5. The molecule has 198 valence electrons. The fraction of sp³-hybridized carbons (Fsp3) is 0.958. The van der Waals surface area contributed by atoms with Crippen molar-refractivity contribution < 1.29 is 32.5 Å². The van der Waals surface area contributed by atoms with Crippen LogP contribution >= 0.6 is 7.82 Å². The van der Waals surface area contributed by atoms with Gasteiger partial charge in [-0.2, -0.15) is 0 Å². The standard InChI is InChI=1S/C24H51N2O6P/c1-7-8-9-10-11-12-13-14-15-16-17-18-19-23(32-24(27)25(2)3)22-31-33(28,29)30-21-20-26(4,5)6/h23H,7-22H2,1-6H3/p+1. The highest BCUT2D eigenvalue weighted by molar-refractivity contribution is 7.47. The van der Waals surface area contributed by atoms with Gasteiger partial charge in [0.1, 0.15) is 19.3 Å². The smallest absolute Gasteiger partial charge is 0.444 e. The van der Waals surface area contributed by atoms with E-state index in [1.54, 1.807) is 14.1 Å². The second-order valence-electron chi connectivity index (χ2n) is 10.2. The zero-order valence-electron chi connectivity index (χ0n) is 22.2. The van der Waals surface area contributed by atoms with Crippen molar-refractivity contribution in [1.82, 2.24) is 4.90 Å². The Balaban J connectivity index is 4.16. The van der Waals surface area contributed by atoms with Crippen molar-refractivity contribution in [2.45, 2.75) is 96.5 Å². The number of rotatable bonds is 21. The number of phosphoric ester groups is 1. The molecule has 0 radical (unpaired) electrons. The lowest BCUT2D eigenvalue weighted by Crippen LogP contribution is -2.37. The molecule has 0 spiro atoms. The summed E-state index contributed by atoms with van der Waals surface area (Å²) in [5.74, 6) is 0. The Morgan fingerprint density at radius 1 is 0.879 bits per heavy atom. The summed E-state index contributed by atoms with van der Waals surface area (Å²) in [5.41, 5.74) is 0. The molecular formula is C24H52N2O6P+. The van der Waals surface area contributed by atoms with Gasteiger partial charge in [0, 0.05) is 14.1 Å². The minimum Gasteiger partial charge on any atom is -0.444 e. The number of unbranched alkanes of at least 4 members (excludes halogenated alkanes) is 11. The van der Waals surface area contributed by atoms with E-state index in [-0.39, 0.29) is 13.2 Å². The molecule has 0 heterocycles. The second-order valence-corrected chi connectivity index (χ2v) is 11.6. The number of likely N-dealkylation sites (N-methyl/N-ethyl adjacent to an activating group) is 1. The van der Waals surface area contributed by atoms with E-state index in [0.29, 0.717) is 17.4 Å². The van der Waals surface area contributed by atoms with Crippen molar-refractivity contribution in [3.05, 3.63) is 0 Å². The summed E-state index contributed by atoms with van der Waals surface area (Å²) >= 11 is 0. The molecule has 2 atom stereocenters. The first-order valence-electron chi connectivity index (χ1n) is 12.8. The lowest BCUT2D eigenvalue weighted by atomic mass is 10.0. The number of hydrogen-bond acceptors (Lipinski definition) is 5. The number of phosphoric acid groups is 1. The minimum absolute atomic E-state index is 0.109.